The molecule has 1 aliphatic heterocycles. The highest BCUT2D eigenvalue weighted by Crippen LogP contribution is 2.27. The Morgan fingerprint density at radius 1 is 1.70 bits per heavy atom. The van der Waals surface area contributed by atoms with Gasteiger partial charge in [0.1, 0.15) is 12.9 Å². The van der Waals surface area contributed by atoms with Crippen molar-refractivity contribution in [2.75, 3.05) is 6.61 Å². The molecule has 0 radical (unpaired) electrons. The van der Waals surface area contributed by atoms with Crippen molar-refractivity contribution < 1.29 is 14.6 Å². The zero-order valence-electron chi connectivity index (χ0n) is 6.26. The lowest BCUT2D eigenvalue weighted by Crippen LogP contribution is -2.24. The van der Waals surface area contributed by atoms with Crippen molar-refractivity contribution in [3.8, 4) is 0 Å². The minimum atomic E-state index is -0.544. The topological polar surface area (TPSA) is 38.7 Å². The highest BCUT2D eigenvalue weighted by Gasteiger charge is 2.30. The van der Waals surface area contributed by atoms with Crippen LogP contribution in [0.2, 0.25) is 0 Å². The molecular formula is C7H12O3. The predicted octanol–water partition coefficient (Wildman–Crippen LogP) is 0.993. The summed E-state index contributed by atoms with van der Waals surface area (Å²) in [6, 6.07) is 0. The van der Waals surface area contributed by atoms with Gasteiger partial charge in [0.15, 0.2) is 5.76 Å². The molecule has 1 N–H and O–H groups in total. The molecule has 0 aromatic heterocycles. The molecule has 3 heteroatoms. The molecule has 1 rings (SSSR count). The lowest BCUT2D eigenvalue weighted by atomic mass is 10.2. The van der Waals surface area contributed by atoms with Gasteiger partial charge in [-0.2, -0.15) is 0 Å². The zero-order chi connectivity index (χ0) is 7.61. The third-order valence-electron chi connectivity index (χ3n) is 1.58. The summed E-state index contributed by atoms with van der Waals surface area (Å²) < 4.78 is 10.4. The predicted molar refractivity (Wildman–Crippen MR) is 36.0 cm³/mol. The fourth-order valence-electron chi connectivity index (χ4n) is 0.741. The summed E-state index contributed by atoms with van der Waals surface area (Å²) in [6.45, 7) is 3.72. The second kappa shape index (κ2) is 2.50. The Morgan fingerprint density at radius 2 is 2.40 bits per heavy atom. The van der Waals surface area contributed by atoms with Gasteiger partial charge in [0.25, 0.3) is 0 Å². The Kier molecular flexibility index (Phi) is 1.85. The monoisotopic (exact) mass is 144 g/mol. The Hall–Kier alpha value is -0.700. The molecule has 1 unspecified atom stereocenters. The fourth-order valence-corrected chi connectivity index (χ4v) is 0.741. The number of aliphatic hydroxyl groups excluding tert-OH is 1. The Morgan fingerprint density at radius 3 is 2.70 bits per heavy atom. The number of rotatable bonds is 2. The van der Waals surface area contributed by atoms with Crippen LogP contribution in [0.1, 0.15) is 20.3 Å². The standard InChI is InChI=1S/C7H12O3/c1-3-7(2)9-5-6(4-8)10-7/h5,8H,3-4H2,1-2H3. The van der Waals surface area contributed by atoms with Crippen molar-refractivity contribution in [1.29, 1.82) is 0 Å². The van der Waals surface area contributed by atoms with Gasteiger partial charge < -0.3 is 14.6 Å². The maximum atomic E-state index is 8.62. The van der Waals surface area contributed by atoms with Crippen LogP contribution in [0.4, 0.5) is 0 Å². The van der Waals surface area contributed by atoms with E-state index in [1.54, 1.807) is 0 Å². The zero-order valence-corrected chi connectivity index (χ0v) is 6.26. The summed E-state index contributed by atoms with van der Waals surface area (Å²) in [4.78, 5) is 0. The van der Waals surface area contributed by atoms with Crippen LogP contribution in [0, 0.1) is 0 Å². The first-order valence-corrected chi connectivity index (χ1v) is 3.37. The third kappa shape index (κ3) is 1.24. The van der Waals surface area contributed by atoms with E-state index in [1.807, 2.05) is 13.8 Å². The van der Waals surface area contributed by atoms with Crippen molar-refractivity contribution in [2.45, 2.75) is 26.1 Å². The van der Waals surface area contributed by atoms with E-state index in [9.17, 15) is 0 Å². The van der Waals surface area contributed by atoms with E-state index in [1.165, 1.54) is 6.26 Å². The van der Waals surface area contributed by atoms with Gasteiger partial charge in [0, 0.05) is 13.3 Å². The van der Waals surface area contributed by atoms with Crippen LogP contribution in [-0.4, -0.2) is 17.5 Å². The normalized spacial score (nSPS) is 30.9. The van der Waals surface area contributed by atoms with Crippen LogP contribution >= 0.6 is 0 Å². The SMILES string of the molecule is CCC1(C)OC=C(CO)O1. The molecule has 0 spiro atoms. The van der Waals surface area contributed by atoms with Crippen LogP contribution in [0.5, 0.6) is 0 Å². The molecule has 1 heterocycles. The van der Waals surface area contributed by atoms with Crippen molar-refractivity contribution >= 4 is 0 Å². The second-order valence-corrected chi connectivity index (χ2v) is 2.45. The average Bonchev–Trinajstić information content (AvgIpc) is 2.33. The molecule has 1 aliphatic rings. The van der Waals surface area contributed by atoms with Crippen molar-refractivity contribution in [1.82, 2.24) is 0 Å². The molecule has 10 heavy (non-hydrogen) atoms. The molecule has 58 valence electrons. The summed E-state index contributed by atoms with van der Waals surface area (Å²) in [6.07, 6.45) is 2.23. The van der Waals surface area contributed by atoms with Gasteiger partial charge in [0.2, 0.25) is 5.79 Å². The molecule has 0 fully saturated rings. The molecule has 0 amide bonds. The van der Waals surface area contributed by atoms with Crippen molar-refractivity contribution in [2.24, 2.45) is 0 Å². The maximum absolute atomic E-state index is 8.62. The summed E-state index contributed by atoms with van der Waals surface area (Å²) in [5, 5.41) is 8.62. The van der Waals surface area contributed by atoms with Crippen LogP contribution < -0.4 is 0 Å². The second-order valence-electron chi connectivity index (χ2n) is 2.45. The summed E-state index contributed by atoms with van der Waals surface area (Å²) in [7, 11) is 0. The molecule has 0 aliphatic carbocycles. The molecule has 0 saturated heterocycles. The van der Waals surface area contributed by atoms with Crippen LogP contribution in [-0.2, 0) is 9.47 Å². The average molecular weight is 144 g/mol. The third-order valence-corrected chi connectivity index (χ3v) is 1.58. The largest absolute Gasteiger partial charge is 0.457 e. The maximum Gasteiger partial charge on any atom is 0.247 e. The van der Waals surface area contributed by atoms with Gasteiger partial charge >= 0.3 is 0 Å². The van der Waals surface area contributed by atoms with Gasteiger partial charge in [-0.3, -0.25) is 0 Å². The van der Waals surface area contributed by atoms with Gasteiger partial charge in [-0.25, -0.2) is 0 Å². The first kappa shape index (κ1) is 7.41. The van der Waals surface area contributed by atoms with Gasteiger partial charge in [-0.15, -0.1) is 0 Å². The summed E-state index contributed by atoms with van der Waals surface area (Å²) in [5.41, 5.74) is 0. The smallest absolute Gasteiger partial charge is 0.247 e. The van der Waals surface area contributed by atoms with Gasteiger partial charge in [0.05, 0.1) is 0 Å². The Bertz CT molecular complexity index is 153. The van der Waals surface area contributed by atoms with E-state index in [2.05, 4.69) is 0 Å². The highest BCUT2D eigenvalue weighted by atomic mass is 16.7. The van der Waals surface area contributed by atoms with Crippen LogP contribution in [0.3, 0.4) is 0 Å². The van der Waals surface area contributed by atoms with Gasteiger partial charge in [-0.05, 0) is 0 Å². The lowest BCUT2D eigenvalue weighted by molar-refractivity contribution is -0.137. The number of hydrogen-bond acceptors (Lipinski definition) is 3. The molecule has 1 atom stereocenters. The lowest BCUT2D eigenvalue weighted by Gasteiger charge is -2.21. The number of ether oxygens (including phenoxy) is 2. The molecule has 0 aromatic rings. The van der Waals surface area contributed by atoms with Crippen LogP contribution in [0.15, 0.2) is 12.0 Å². The number of hydrogen-bond donors (Lipinski definition) is 1. The Balaban J connectivity index is 2.49. The van der Waals surface area contributed by atoms with E-state index < -0.39 is 5.79 Å². The number of aliphatic hydroxyl groups is 1. The van der Waals surface area contributed by atoms with E-state index in [-0.39, 0.29) is 6.61 Å². The van der Waals surface area contributed by atoms with E-state index >= 15 is 0 Å². The fraction of sp³-hybridized carbons (Fsp3) is 0.714. The van der Waals surface area contributed by atoms with Gasteiger partial charge in [-0.1, -0.05) is 6.92 Å². The summed E-state index contributed by atoms with van der Waals surface area (Å²) >= 11 is 0. The first-order chi connectivity index (χ1) is 4.70. The summed E-state index contributed by atoms with van der Waals surface area (Å²) in [5.74, 6) is -0.0396. The van der Waals surface area contributed by atoms with E-state index in [0.29, 0.717) is 5.76 Å². The van der Waals surface area contributed by atoms with Crippen molar-refractivity contribution in [3.05, 3.63) is 12.0 Å². The quantitative estimate of drug-likeness (QED) is 0.628. The minimum absolute atomic E-state index is 0.0877. The van der Waals surface area contributed by atoms with E-state index in [0.717, 1.165) is 6.42 Å². The Labute approximate surface area is 60.3 Å². The molecule has 3 nitrogen and oxygen atoms in total. The molecule has 0 bridgehead atoms. The van der Waals surface area contributed by atoms with E-state index in [4.69, 9.17) is 14.6 Å². The molecule has 0 saturated carbocycles. The van der Waals surface area contributed by atoms with Crippen LogP contribution in [0.25, 0.3) is 0 Å². The molecular weight excluding hydrogens is 132 g/mol. The minimum Gasteiger partial charge on any atom is -0.457 e. The first-order valence-electron chi connectivity index (χ1n) is 3.37. The highest BCUT2D eigenvalue weighted by molar-refractivity contribution is 4.95. The molecule has 0 aromatic carbocycles. The van der Waals surface area contributed by atoms with Crippen molar-refractivity contribution in [3.63, 3.8) is 0 Å².